The standard InChI is InChI=1S/C19H16BrNO4S/c1-23-16-7-6-12(9-17(16)24-2)18-21-15(11-26-18)10-25-19(22)13-4-3-5-14(20)8-13/h3-9,11H,10H2,1-2H3. The molecular weight excluding hydrogens is 418 g/mol. The molecule has 0 bridgehead atoms. The number of rotatable bonds is 6. The molecule has 0 radical (unpaired) electrons. The average Bonchev–Trinajstić information content (AvgIpc) is 3.14. The summed E-state index contributed by atoms with van der Waals surface area (Å²) < 4.78 is 16.7. The first-order valence-electron chi connectivity index (χ1n) is 7.70. The number of aromatic nitrogens is 1. The van der Waals surface area contributed by atoms with Crippen LogP contribution >= 0.6 is 27.3 Å². The maximum atomic E-state index is 12.1. The lowest BCUT2D eigenvalue weighted by atomic mass is 10.2. The minimum Gasteiger partial charge on any atom is -0.493 e. The molecular formula is C19H16BrNO4S. The van der Waals surface area contributed by atoms with Crippen LogP contribution in [0, 0.1) is 0 Å². The molecule has 0 aliphatic rings. The van der Waals surface area contributed by atoms with Gasteiger partial charge in [-0.05, 0) is 36.4 Å². The Balaban J connectivity index is 1.69. The normalized spacial score (nSPS) is 10.4. The fraction of sp³-hybridized carbons (Fsp3) is 0.158. The third-order valence-electron chi connectivity index (χ3n) is 3.59. The van der Waals surface area contributed by atoms with Crippen molar-refractivity contribution in [3.8, 4) is 22.1 Å². The molecule has 0 amide bonds. The number of halogens is 1. The molecule has 0 unspecified atom stereocenters. The SMILES string of the molecule is COc1ccc(-c2nc(COC(=O)c3cccc(Br)c3)cs2)cc1OC. The van der Waals surface area contributed by atoms with Crippen LogP contribution in [0.1, 0.15) is 16.1 Å². The Hall–Kier alpha value is -2.38. The number of hydrogen-bond donors (Lipinski definition) is 0. The molecule has 0 saturated heterocycles. The van der Waals surface area contributed by atoms with E-state index in [9.17, 15) is 4.79 Å². The first-order chi connectivity index (χ1) is 12.6. The monoisotopic (exact) mass is 433 g/mol. The summed E-state index contributed by atoms with van der Waals surface area (Å²) in [7, 11) is 3.19. The second-order valence-electron chi connectivity index (χ2n) is 5.30. The van der Waals surface area contributed by atoms with E-state index in [0.29, 0.717) is 22.8 Å². The van der Waals surface area contributed by atoms with E-state index in [4.69, 9.17) is 14.2 Å². The van der Waals surface area contributed by atoms with Crippen molar-refractivity contribution in [1.29, 1.82) is 0 Å². The second kappa shape index (κ2) is 8.33. The number of nitrogens with zero attached hydrogens (tertiary/aromatic N) is 1. The zero-order chi connectivity index (χ0) is 18.5. The lowest BCUT2D eigenvalue weighted by Crippen LogP contribution is -2.05. The van der Waals surface area contributed by atoms with Crippen LogP contribution in [0.5, 0.6) is 11.5 Å². The third kappa shape index (κ3) is 4.23. The van der Waals surface area contributed by atoms with Crippen molar-refractivity contribution in [2.45, 2.75) is 6.61 Å². The van der Waals surface area contributed by atoms with Crippen LogP contribution < -0.4 is 9.47 Å². The molecule has 7 heteroatoms. The van der Waals surface area contributed by atoms with Crippen LogP contribution in [-0.4, -0.2) is 25.2 Å². The van der Waals surface area contributed by atoms with Crippen LogP contribution in [0.3, 0.4) is 0 Å². The number of ether oxygens (including phenoxy) is 3. The minimum atomic E-state index is -0.382. The summed E-state index contributed by atoms with van der Waals surface area (Å²) in [5.74, 6) is 0.922. The summed E-state index contributed by atoms with van der Waals surface area (Å²) >= 11 is 4.82. The van der Waals surface area contributed by atoms with Crippen molar-refractivity contribution in [2.75, 3.05) is 14.2 Å². The second-order valence-corrected chi connectivity index (χ2v) is 7.07. The van der Waals surface area contributed by atoms with Gasteiger partial charge in [0.25, 0.3) is 0 Å². The summed E-state index contributed by atoms with van der Waals surface area (Å²) in [5.41, 5.74) is 2.11. The van der Waals surface area contributed by atoms with E-state index >= 15 is 0 Å². The highest BCUT2D eigenvalue weighted by Crippen LogP contribution is 2.33. The van der Waals surface area contributed by atoms with Gasteiger partial charge in [0, 0.05) is 15.4 Å². The van der Waals surface area contributed by atoms with Crippen LogP contribution in [0.15, 0.2) is 52.3 Å². The molecule has 1 heterocycles. The number of carbonyl (C=O) groups is 1. The number of methoxy groups -OCH3 is 2. The summed E-state index contributed by atoms with van der Waals surface area (Å²) in [6, 6.07) is 12.7. The maximum Gasteiger partial charge on any atom is 0.338 e. The average molecular weight is 434 g/mol. The van der Waals surface area contributed by atoms with E-state index in [1.165, 1.54) is 11.3 Å². The fourth-order valence-electron chi connectivity index (χ4n) is 2.31. The first kappa shape index (κ1) is 18.4. The first-order valence-corrected chi connectivity index (χ1v) is 9.37. The van der Waals surface area contributed by atoms with E-state index in [1.54, 1.807) is 32.4 Å². The number of hydrogen-bond acceptors (Lipinski definition) is 6. The van der Waals surface area contributed by atoms with Gasteiger partial charge in [-0.1, -0.05) is 22.0 Å². The largest absolute Gasteiger partial charge is 0.493 e. The van der Waals surface area contributed by atoms with Gasteiger partial charge in [-0.3, -0.25) is 0 Å². The van der Waals surface area contributed by atoms with Gasteiger partial charge in [-0.25, -0.2) is 9.78 Å². The molecule has 0 aliphatic heterocycles. The molecule has 26 heavy (non-hydrogen) atoms. The maximum absolute atomic E-state index is 12.1. The number of esters is 1. The lowest BCUT2D eigenvalue weighted by Gasteiger charge is -2.08. The predicted octanol–water partition coefficient (Wildman–Crippen LogP) is 4.95. The van der Waals surface area contributed by atoms with Gasteiger partial charge in [-0.2, -0.15) is 0 Å². The van der Waals surface area contributed by atoms with Gasteiger partial charge < -0.3 is 14.2 Å². The minimum absolute atomic E-state index is 0.120. The summed E-state index contributed by atoms with van der Waals surface area (Å²) in [6.07, 6.45) is 0. The molecule has 3 aromatic rings. The molecule has 0 fully saturated rings. The van der Waals surface area contributed by atoms with E-state index in [2.05, 4.69) is 20.9 Å². The van der Waals surface area contributed by atoms with Crippen molar-refractivity contribution < 1.29 is 19.0 Å². The van der Waals surface area contributed by atoms with Crippen LogP contribution in [0.4, 0.5) is 0 Å². The van der Waals surface area contributed by atoms with E-state index < -0.39 is 0 Å². The molecule has 0 N–H and O–H groups in total. The molecule has 1 aromatic heterocycles. The van der Waals surface area contributed by atoms with Gasteiger partial charge in [0.2, 0.25) is 0 Å². The predicted molar refractivity (Wildman–Crippen MR) is 104 cm³/mol. The van der Waals surface area contributed by atoms with Crippen LogP contribution in [0.25, 0.3) is 10.6 Å². The third-order valence-corrected chi connectivity index (χ3v) is 5.03. The van der Waals surface area contributed by atoms with Crippen LogP contribution in [0.2, 0.25) is 0 Å². The highest BCUT2D eigenvalue weighted by atomic mass is 79.9. The Bertz CT molecular complexity index is 925. The molecule has 134 valence electrons. The Kier molecular flexibility index (Phi) is 5.90. The summed E-state index contributed by atoms with van der Waals surface area (Å²) in [6.45, 7) is 0.120. The van der Waals surface area contributed by atoms with Gasteiger partial charge in [-0.15, -0.1) is 11.3 Å². The van der Waals surface area contributed by atoms with Gasteiger partial charge >= 0.3 is 5.97 Å². The topological polar surface area (TPSA) is 57.7 Å². The van der Waals surface area contributed by atoms with Crippen molar-refractivity contribution in [1.82, 2.24) is 4.98 Å². The van der Waals surface area contributed by atoms with Crippen molar-refractivity contribution in [3.63, 3.8) is 0 Å². The molecule has 0 atom stereocenters. The zero-order valence-electron chi connectivity index (χ0n) is 14.2. The van der Waals surface area contributed by atoms with E-state index in [-0.39, 0.29) is 12.6 Å². The smallest absolute Gasteiger partial charge is 0.338 e. The summed E-state index contributed by atoms with van der Waals surface area (Å²) in [4.78, 5) is 16.6. The molecule has 3 rings (SSSR count). The quantitative estimate of drug-likeness (QED) is 0.514. The zero-order valence-corrected chi connectivity index (χ0v) is 16.6. The van der Waals surface area contributed by atoms with Gasteiger partial charge in [0.1, 0.15) is 11.6 Å². The molecule has 0 spiro atoms. The molecule has 5 nitrogen and oxygen atoms in total. The highest BCUT2D eigenvalue weighted by Gasteiger charge is 2.12. The van der Waals surface area contributed by atoms with Crippen LogP contribution in [-0.2, 0) is 11.3 Å². The van der Waals surface area contributed by atoms with E-state index in [0.717, 1.165) is 15.0 Å². The van der Waals surface area contributed by atoms with E-state index in [1.807, 2.05) is 29.6 Å². The Morgan fingerprint density at radius 1 is 1.12 bits per heavy atom. The Labute approximate surface area is 163 Å². The number of carbonyl (C=O) groups excluding carboxylic acids is 1. The number of thiazole rings is 1. The highest BCUT2D eigenvalue weighted by molar-refractivity contribution is 9.10. The molecule has 2 aromatic carbocycles. The molecule has 0 saturated carbocycles. The Morgan fingerprint density at radius 3 is 2.65 bits per heavy atom. The lowest BCUT2D eigenvalue weighted by molar-refractivity contribution is 0.0468. The molecule has 0 aliphatic carbocycles. The van der Waals surface area contributed by atoms with Crippen molar-refractivity contribution in [2.24, 2.45) is 0 Å². The Morgan fingerprint density at radius 2 is 1.92 bits per heavy atom. The fourth-order valence-corrected chi connectivity index (χ4v) is 3.51. The van der Waals surface area contributed by atoms with Crippen molar-refractivity contribution in [3.05, 3.63) is 63.6 Å². The number of benzene rings is 2. The van der Waals surface area contributed by atoms with Gasteiger partial charge in [0.05, 0.1) is 25.5 Å². The van der Waals surface area contributed by atoms with Gasteiger partial charge in [0.15, 0.2) is 11.5 Å². The summed E-state index contributed by atoms with van der Waals surface area (Å²) in [5, 5.41) is 2.69. The van der Waals surface area contributed by atoms with Crippen molar-refractivity contribution >= 4 is 33.2 Å².